The molecule has 0 aromatic heterocycles. The standard InChI is InChI=1S/C23H25ClFNO2/c1-14-3-5-18-21(11-14)28-13-23(18)9-7-16(8-10-23)15(2)22(27)26-20-6-4-17(24)12-19(20)25/h3-6,11-12,15-16H,7-10,13H2,1-2H3,(H,26,27)/t15-,16?,23?/m0/s1. The molecular weight excluding hydrogens is 377 g/mol. The lowest BCUT2D eigenvalue weighted by atomic mass is 9.65. The molecule has 2 aromatic rings. The molecule has 1 heterocycles. The lowest BCUT2D eigenvalue weighted by molar-refractivity contribution is -0.121. The molecule has 3 nitrogen and oxygen atoms in total. The molecule has 0 unspecified atom stereocenters. The van der Waals surface area contributed by atoms with E-state index in [1.165, 1.54) is 23.3 Å². The average Bonchev–Trinajstić information content (AvgIpc) is 3.01. The Kier molecular flexibility index (Phi) is 5.09. The van der Waals surface area contributed by atoms with Crippen molar-refractivity contribution in [1.29, 1.82) is 0 Å². The molecule has 2 aliphatic rings. The molecule has 1 saturated carbocycles. The number of nitrogens with one attached hydrogen (secondary N) is 1. The number of carbonyl (C=O) groups is 1. The second-order valence-electron chi connectivity index (χ2n) is 8.31. The van der Waals surface area contributed by atoms with Crippen molar-refractivity contribution in [1.82, 2.24) is 0 Å². The van der Waals surface area contributed by atoms with E-state index in [4.69, 9.17) is 16.3 Å². The van der Waals surface area contributed by atoms with Gasteiger partial charge in [-0.25, -0.2) is 4.39 Å². The molecular formula is C23H25ClFNO2. The number of rotatable bonds is 3. The highest BCUT2D eigenvalue weighted by molar-refractivity contribution is 6.30. The van der Waals surface area contributed by atoms with E-state index in [2.05, 4.69) is 30.4 Å². The van der Waals surface area contributed by atoms with Crippen LogP contribution in [0.5, 0.6) is 5.75 Å². The Morgan fingerprint density at radius 3 is 2.71 bits per heavy atom. The van der Waals surface area contributed by atoms with Gasteiger partial charge in [0.15, 0.2) is 0 Å². The van der Waals surface area contributed by atoms with Crippen molar-refractivity contribution in [2.45, 2.75) is 44.9 Å². The van der Waals surface area contributed by atoms with E-state index in [-0.39, 0.29) is 28.8 Å². The van der Waals surface area contributed by atoms with E-state index in [1.807, 2.05) is 6.92 Å². The van der Waals surface area contributed by atoms with Gasteiger partial charge in [0.25, 0.3) is 0 Å². The third-order valence-electron chi connectivity index (χ3n) is 6.51. The number of carbonyl (C=O) groups excluding carboxylic acids is 1. The predicted octanol–water partition coefficient (Wildman–Crippen LogP) is 5.88. The molecule has 0 bridgehead atoms. The van der Waals surface area contributed by atoms with Gasteiger partial charge in [-0.3, -0.25) is 4.79 Å². The molecule has 1 fully saturated rings. The number of amides is 1. The van der Waals surface area contributed by atoms with Crippen molar-refractivity contribution in [3.8, 4) is 5.75 Å². The number of hydrogen-bond acceptors (Lipinski definition) is 2. The molecule has 2 aromatic carbocycles. The highest BCUT2D eigenvalue weighted by atomic mass is 35.5. The van der Waals surface area contributed by atoms with Crippen LogP contribution < -0.4 is 10.1 Å². The lowest BCUT2D eigenvalue weighted by Gasteiger charge is -2.38. The van der Waals surface area contributed by atoms with Crippen molar-refractivity contribution in [3.63, 3.8) is 0 Å². The van der Waals surface area contributed by atoms with Crippen molar-refractivity contribution in [3.05, 3.63) is 58.4 Å². The second-order valence-corrected chi connectivity index (χ2v) is 8.74. The van der Waals surface area contributed by atoms with Crippen LogP contribution in [0.2, 0.25) is 5.02 Å². The number of benzene rings is 2. The molecule has 1 spiro atoms. The van der Waals surface area contributed by atoms with Gasteiger partial charge in [-0.2, -0.15) is 0 Å². The number of ether oxygens (including phenoxy) is 1. The Morgan fingerprint density at radius 2 is 2.00 bits per heavy atom. The first-order chi connectivity index (χ1) is 13.4. The minimum Gasteiger partial charge on any atom is -0.492 e. The van der Waals surface area contributed by atoms with Crippen LogP contribution in [0, 0.1) is 24.6 Å². The fraction of sp³-hybridized carbons (Fsp3) is 0.435. The summed E-state index contributed by atoms with van der Waals surface area (Å²) in [6.45, 7) is 4.75. The zero-order chi connectivity index (χ0) is 19.9. The molecule has 1 aliphatic carbocycles. The Hall–Kier alpha value is -2.07. The molecule has 1 atom stereocenters. The van der Waals surface area contributed by atoms with Gasteiger partial charge < -0.3 is 10.1 Å². The minimum atomic E-state index is -0.509. The first-order valence-electron chi connectivity index (χ1n) is 9.88. The summed E-state index contributed by atoms with van der Waals surface area (Å²) < 4.78 is 20.0. The summed E-state index contributed by atoms with van der Waals surface area (Å²) in [6.07, 6.45) is 3.96. The molecule has 1 aliphatic heterocycles. The Balaban J connectivity index is 1.41. The van der Waals surface area contributed by atoms with Gasteiger partial charge in [0, 0.05) is 21.9 Å². The number of fused-ring (bicyclic) bond motifs is 2. The SMILES string of the molecule is Cc1ccc2c(c1)OCC21CCC([C@H](C)C(=O)Nc2ccc(Cl)cc2F)CC1. The molecule has 148 valence electrons. The minimum absolute atomic E-state index is 0.0814. The topological polar surface area (TPSA) is 38.3 Å². The van der Waals surface area contributed by atoms with Gasteiger partial charge in [-0.1, -0.05) is 30.7 Å². The van der Waals surface area contributed by atoms with E-state index in [0.717, 1.165) is 38.0 Å². The van der Waals surface area contributed by atoms with Gasteiger partial charge in [0.05, 0.1) is 12.3 Å². The molecule has 28 heavy (non-hydrogen) atoms. The number of aryl methyl sites for hydroxylation is 1. The van der Waals surface area contributed by atoms with Crippen molar-refractivity contribution >= 4 is 23.2 Å². The summed E-state index contributed by atoms with van der Waals surface area (Å²) in [5.41, 5.74) is 2.79. The monoisotopic (exact) mass is 401 g/mol. The van der Waals surface area contributed by atoms with Gasteiger partial charge >= 0.3 is 0 Å². The molecule has 1 amide bonds. The maximum Gasteiger partial charge on any atom is 0.227 e. The first kappa shape index (κ1) is 19.3. The Bertz CT molecular complexity index is 905. The van der Waals surface area contributed by atoms with Crippen LogP contribution in [0.4, 0.5) is 10.1 Å². The Labute approximate surface area is 170 Å². The third-order valence-corrected chi connectivity index (χ3v) is 6.74. The number of hydrogen-bond donors (Lipinski definition) is 1. The highest BCUT2D eigenvalue weighted by Crippen LogP contribution is 2.50. The van der Waals surface area contributed by atoms with Crippen LogP contribution in [-0.2, 0) is 10.2 Å². The quantitative estimate of drug-likeness (QED) is 0.697. The maximum atomic E-state index is 14.0. The second kappa shape index (κ2) is 7.40. The van der Waals surface area contributed by atoms with E-state index in [1.54, 1.807) is 6.07 Å². The zero-order valence-corrected chi connectivity index (χ0v) is 17.0. The highest BCUT2D eigenvalue weighted by Gasteiger charge is 2.44. The van der Waals surface area contributed by atoms with Crippen molar-refractivity contribution in [2.24, 2.45) is 11.8 Å². The molecule has 5 heteroatoms. The van der Waals surface area contributed by atoms with E-state index in [9.17, 15) is 9.18 Å². The predicted molar refractivity (Wildman–Crippen MR) is 110 cm³/mol. The van der Waals surface area contributed by atoms with E-state index in [0.29, 0.717) is 5.02 Å². The summed E-state index contributed by atoms with van der Waals surface area (Å²) in [4.78, 5) is 12.7. The maximum absolute atomic E-state index is 14.0. The first-order valence-corrected chi connectivity index (χ1v) is 10.3. The number of halogens is 2. The molecule has 0 radical (unpaired) electrons. The van der Waals surface area contributed by atoms with Crippen LogP contribution >= 0.6 is 11.6 Å². The summed E-state index contributed by atoms with van der Waals surface area (Å²) in [5, 5.41) is 3.04. The summed E-state index contributed by atoms with van der Waals surface area (Å²) in [5.74, 6) is 0.483. The summed E-state index contributed by atoms with van der Waals surface area (Å²) in [7, 11) is 0. The molecule has 0 saturated heterocycles. The van der Waals surface area contributed by atoms with Gasteiger partial charge in [-0.05, 0) is 68.4 Å². The smallest absolute Gasteiger partial charge is 0.227 e. The zero-order valence-electron chi connectivity index (χ0n) is 16.2. The van der Waals surface area contributed by atoms with Crippen LogP contribution in [0.3, 0.4) is 0 Å². The van der Waals surface area contributed by atoms with Crippen LogP contribution in [0.25, 0.3) is 0 Å². The Morgan fingerprint density at radius 1 is 1.25 bits per heavy atom. The number of anilines is 1. The van der Waals surface area contributed by atoms with Gasteiger partial charge in [-0.15, -0.1) is 0 Å². The molecule has 4 rings (SSSR count). The fourth-order valence-corrected chi connectivity index (χ4v) is 4.80. The van der Waals surface area contributed by atoms with Crippen molar-refractivity contribution in [2.75, 3.05) is 11.9 Å². The fourth-order valence-electron chi connectivity index (χ4n) is 4.64. The van der Waals surface area contributed by atoms with E-state index >= 15 is 0 Å². The largest absolute Gasteiger partial charge is 0.492 e. The lowest BCUT2D eigenvalue weighted by Crippen LogP contribution is -2.37. The van der Waals surface area contributed by atoms with Crippen LogP contribution in [0.1, 0.15) is 43.7 Å². The average molecular weight is 402 g/mol. The van der Waals surface area contributed by atoms with Crippen LogP contribution in [0.15, 0.2) is 36.4 Å². The summed E-state index contributed by atoms with van der Waals surface area (Å²) in [6, 6.07) is 10.8. The summed E-state index contributed by atoms with van der Waals surface area (Å²) >= 11 is 5.78. The van der Waals surface area contributed by atoms with Crippen molar-refractivity contribution < 1.29 is 13.9 Å². The molecule has 1 N–H and O–H groups in total. The third kappa shape index (κ3) is 3.50. The van der Waals surface area contributed by atoms with Gasteiger partial charge in [0.2, 0.25) is 5.91 Å². The van der Waals surface area contributed by atoms with Crippen LogP contribution in [-0.4, -0.2) is 12.5 Å². The normalized spacial score (nSPS) is 24.5. The van der Waals surface area contributed by atoms with E-state index < -0.39 is 5.82 Å². The van der Waals surface area contributed by atoms with Gasteiger partial charge in [0.1, 0.15) is 11.6 Å².